The number of thiazole rings is 1. The van der Waals surface area contributed by atoms with Gasteiger partial charge in [-0.2, -0.15) is 0 Å². The summed E-state index contributed by atoms with van der Waals surface area (Å²) < 4.78 is 0. The highest BCUT2D eigenvalue weighted by Gasteiger charge is 2.21. The average molecular weight is 472 g/mol. The molecule has 0 aliphatic carbocycles. The smallest absolute Gasteiger partial charge is 0.226 e. The predicted molar refractivity (Wildman–Crippen MR) is 139 cm³/mol. The van der Waals surface area contributed by atoms with Crippen molar-refractivity contribution in [1.29, 1.82) is 0 Å². The van der Waals surface area contributed by atoms with Crippen LogP contribution >= 0.6 is 11.3 Å². The molecule has 0 saturated carbocycles. The minimum Gasteiger partial charge on any atom is -0.306 e. The lowest BCUT2D eigenvalue weighted by Gasteiger charge is -2.28. The Morgan fingerprint density at radius 3 is 2.85 bits per heavy atom. The number of nitrogens with one attached hydrogen (secondary N) is 1. The maximum absolute atomic E-state index is 12.6. The van der Waals surface area contributed by atoms with Gasteiger partial charge in [-0.1, -0.05) is 29.5 Å². The van der Waals surface area contributed by atoms with Gasteiger partial charge in [0, 0.05) is 18.2 Å². The van der Waals surface area contributed by atoms with Crippen LogP contribution < -0.4 is 5.32 Å². The number of fused-ring (bicyclic) bond motifs is 1. The molecule has 0 spiro atoms. The zero-order chi connectivity index (χ0) is 23.5. The fourth-order valence-electron chi connectivity index (χ4n) is 4.57. The molecule has 1 amide bonds. The third kappa shape index (κ3) is 5.16. The second-order valence-corrected chi connectivity index (χ2v) is 10.1. The first-order valence-corrected chi connectivity index (χ1v) is 12.6. The van der Waals surface area contributed by atoms with Crippen molar-refractivity contribution < 1.29 is 4.79 Å². The van der Waals surface area contributed by atoms with E-state index in [1.165, 1.54) is 5.56 Å². The molecule has 1 saturated heterocycles. The number of aromatic nitrogens is 2. The minimum atomic E-state index is 0.0709. The first-order valence-electron chi connectivity index (χ1n) is 11.8. The number of benzene rings is 1. The van der Waals surface area contributed by atoms with Crippen LogP contribution in [0.4, 0.5) is 5.13 Å². The first kappa shape index (κ1) is 22.6. The molecule has 0 bridgehead atoms. The van der Waals surface area contributed by atoms with Crippen LogP contribution in [0.3, 0.4) is 0 Å². The van der Waals surface area contributed by atoms with Gasteiger partial charge in [0.25, 0.3) is 0 Å². The van der Waals surface area contributed by atoms with Gasteiger partial charge in [0.1, 0.15) is 0 Å². The van der Waals surface area contributed by atoms with Crippen molar-refractivity contribution in [3.05, 3.63) is 71.2 Å². The van der Waals surface area contributed by atoms with E-state index in [-0.39, 0.29) is 5.91 Å². The van der Waals surface area contributed by atoms with Crippen LogP contribution in [0.1, 0.15) is 41.8 Å². The van der Waals surface area contributed by atoms with Gasteiger partial charge < -0.3 is 10.2 Å². The topological polar surface area (TPSA) is 70.5 Å². The molecule has 0 radical (unpaired) electrons. The Labute approximate surface area is 204 Å². The number of amides is 1. The monoisotopic (exact) mass is 471 g/mol. The van der Waals surface area contributed by atoms with E-state index in [0.717, 1.165) is 59.0 Å². The number of pyridine rings is 1. The Morgan fingerprint density at radius 1 is 1.21 bits per heavy atom. The summed E-state index contributed by atoms with van der Waals surface area (Å²) in [4.78, 5) is 29.7. The van der Waals surface area contributed by atoms with Gasteiger partial charge in [-0.25, -0.2) is 4.98 Å². The largest absolute Gasteiger partial charge is 0.306 e. The number of nitrogens with zero attached hydrogens (tertiary/aromatic N) is 4. The van der Waals surface area contributed by atoms with Gasteiger partial charge >= 0.3 is 0 Å². The van der Waals surface area contributed by atoms with Gasteiger partial charge in [0.2, 0.25) is 5.91 Å². The van der Waals surface area contributed by atoms with E-state index < -0.39 is 0 Å². The number of aryl methyl sites for hydroxylation is 1. The molecule has 4 heterocycles. The van der Waals surface area contributed by atoms with Crippen molar-refractivity contribution in [2.24, 2.45) is 10.9 Å². The maximum atomic E-state index is 12.6. The normalized spacial score (nSPS) is 16.6. The average Bonchev–Trinajstić information content (AvgIpc) is 3.42. The molecule has 1 aromatic carbocycles. The van der Waals surface area contributed by atoms with E-state index in [1.807, 2.05) is 37.3 Å². The lowest BCUT2D eigenvalue weighted by Crippen LogP contribution is -2.31. The van der Waals surface area contributed by atoms with Gasteiger partial charge in [-0.05, 0) is 87.3 Å². The highest BCUT2D eigenvalue weighted by Crippen LogP contribution is 2.35. The summed E-state index contributed by atoms with van der Waals surface area (Å²) in [6.45, 7) is 4.81. The SMILES string of the molecule is Cc1nc(NC(=O)CC2CCN(C)CC2)sc1-c1ccc2c(c1)CN=C2/C=C/c1ccccn1. The highest BCUT2D eigenvalue weighted by molar-refractivity contribution is 7.19. The molecule has 174 valence electrons. The lowest BCUT2D eigenvalue weighted by molar-refractivity contribution is -0.117. The number of anilines is 1. The van der Waals surface area contributed by atoms with E-state index in [0.29, 0.717) is 24.0 Å². The molecular formula is C27H29N5OS. The Kier molecular flexibility index (Phi) is 6.65. The first-order chi connectivity index (χ1) is 16.5. The molecule has 7 heteroatoms. The zero-order valence-electron chi connectivity index (χ0n) is 19.6. The van der Waals surface area contributed by atoms with Crippen LogP contribution in [0.15, 0.2) is 53.7 Å². The van der Waals surface area contributed by atoms with Crippen LogP contribution in [0.2, 0.25) is 0 Å². The van der Waals surface area contributed by atoms with Crippen molar-refractivity contribution in [2.75, 3.05) is 25.5 Å². The number of carbonyl (C=O) groups excluding carboxylic acids is 1. The number of hydrogen-bond donors (Lipinski definition) is 1. The summed E-state index contributed by atoms with van der Waals surface area (Å²) in [5.74, 6) is 0.538. The molecule has 34 heavy (non-hydrogen) atoms. The molecule has 0 atom stereocenters. The third-order valence-electron chi connectivity index (χ3n) is 6.52. The van der Waals surface area contributed by atoms with Gasteiger partial charge in [0.15, 0.2) is 5.13 Å². The predicted octanol–water partition coefficient (Wildman–Crippen LogP) is 5.20. The lowest BCUT2D eigenvalue weighted by atomic mass is 9.93. The number of carbonyl (C=O) groups is 1. The van der Waals surface area contributed by atoms with Crippen molar-refractivity contribution >= 4 is 34.2 Å². The summed E-state index contributed by atoms with van der Waals surface area (Å²) in [6.07, 6.45) is 8.57. The molecule has 5 rings (SSSR count). The fourth-order valence-corrected chi connectivity index (χ4v) is 5.55. The molecule has 3 aromatic rings. The van der Waals surface area contributed by atoms with Crippen molar-refractivity contribution in [3.8, 4) is 10.4 Å². The Morgan fingerprint density at radius 2 is 2.06 bits per heavy atom. The van der Waals surface area contributed by atoms with E-state index >= 15 is 0 Å². The second kappa shape index (κ2) is 9.99. The van der Waals surface area contributed by atoms with E-state index in [1.54, 1.807) is 17.5 Å². The van der Waals surface area contributed by atoms with E-state index in [9.17, 15) is 4.79 Å². The van der Waals surface area contributed by atoms with Crippen molar-refractivity contribution in [3.63, 3.8) is 0 Å². The molecule has 6 nitrogen and oxygen atoms in total. The molecule has 2 aliphatic rings. The highest BCUT2D eigenvalue weighted by atomic mass is 32.1. The van der Waals surface area contributed by atoms with E-state index in [2.05, 4.69) is 45.4 Å². The Hall–Kier alpha value is -3.16. The summed E-state index contributed by atoms with van der Waals surface area (Å²) in [6, 6.07) is 12.3. The molecule has 1 fully saturated rings. The van der Waals surface area contributed by atoms with Crippen LogP contribution in [0.5, 0.6) is 0 Å². The maximum Gasteiger partial charge on any atom is 0.226 e. The molecule has 2 aliphatic heterocycles. The standard InChI is InChI=1S/C27H29N5OS/c1-18-26(34-27(30-18)31-25(33)15-19-10-13-32(2)14-11-19)20-6-8-23-21(16-20)17-29-24(23)9-7-22-5-3-4-12-28-22/h3-9,12,16,19H,10-11,13-15,17H2,1-2H3,(H,30,31,33)/b9-7+. The number of hydrogen-bond acceptors (Lipinski definition) is 6. The third-order valence-corrected chi connectivity index (χ3v) is 7.64. The zero-order valence-corrected chi connectivity index (χ0v) is 20.4. The molecule has 2 aromatic heterocycles. The number of piperidine rings is 1. The van der Waals surface area contributed by atoms with Gasteiger partial charge in [-0.3, -0.25) is 14.8 Å². The van der Waals surface area contributed by atoms with Gasteiger partial charge in [-0.15, -0.1) is 0 Å². The second-order valence-electron chi connectivity index (χ2n) is 9.09. The van der Waals surface area contributed by atoms with Crippen molar-refractivity contribution in [1.82, 2.24) is 14.9 Å². The summed E-state index contributed by atoms with van der Waals surface area (Å²) in [5, 5.41) is 3.72. The molecular weight excluding hydrogens is 442 g/mol. The Bertz CT molecular complexity index is 1240. The number of likely N-dealkylation sites (tertiary alicyclic amines) is 1. The summed E-state index contributed by atoms with van der Waals surface area (Å²) in [7, 11) is 2.14. The van der Waals surface area contributed by atoms with Crippen LogP contribution in [0, 0.1) is 12.8 Å². The van der Waals surface area contributed by atoms with E-state index in [4.69, 9.17) is 4.99 Å². The van der Waals surface area contributed by atoms with Crippen LogP contribution in [-0.2, 0) is 11.3 Å². The van der Waals surface area contributed by atoms with Crippen LogP contribution in [-0.4, -0.2) is 46.6 Å². The Balaban J connectivity index is 1.25. The minimum absolute atomic E-state index is 0.0709. The molecule has 0 unspecified atom stereocenters. The quantitative estimate of drug-likeness (QED) is 0.536. The summed E-state index contributed by atoms with van der Waals surface area (Å²) in [5.41, 5.74) is 6.32. The summed E-state index contributed by atoms with van der Waals surface area (Å²) >= 11 is 1.55. The van der Waals surface area contributed by atoms with Crippen LogP contribution in [0.25, 0.3) is 16.5 Å². The van der Waals surface area contributed by atoms with Crippen molar-refractivity contribution in [2.45, 2.75) is 32.7 Å². The molecule has 1 N–H and O–H groups in total. The van der Waals surface area contributed by atoms with Gasteiger partial charge in [0.05, 0.1) is 28.5 Å². The number of aliphatic imine (C=N–C) groups is 1. The number of rotatable bonds is 6. The number of allylic oxidation sites excluding steroid dienone is 1. The fraction of sp³-hybridized carbons (Fsp3) is 0.333.